The lowest BCUT2D eigenvalue weighted by Crippen LogP contribution is -2.11. The molecule has 0 spiro atoms. The summed E-state index contributed by atoms with van der Waals surface area (Å²) >= 11 is 0. The van der Waals surface area contributed by atoms with Crippen molar-refractivity contribution in [1.29, 1.82) is 10.5 Å². The molecule has 12 rings (SSSR count). The molecule has 2 aromatic heterocycles. The van der Waals surface area contributed by atoms with Gasteiger partial charge in [0.1, 0.15) is 0 Å². The molecule has 7 heteroatoms. The number of aryl methyl sites for hydroxylation is 12. The quantitative estimate of drug-likeness (QED) is 0.160. The second-order valence-electron chi connectivity index (χ2n) is 23.4. The van der Waals surface area contributed by atoms with E-state index in [0.29, 0.717) is 23.4 Å². The molecular formula is C75H63F3N4. The van der Waals surface area contributed by atoms with Crippen LogP contribution < -0.4 is 0 Å². The van der Waals surface area contributed by atoms with Gasteiger partial charge in [-0.15, -0.1) is 0 Å². The van der Waals surface area contributed by atoms with E-state index in [9.17, 15) is 23.7 Å². The van der Waals surface area contributed by atoms with Crippen LogP contribution in [-0.2, 0) is 12.6 Å². The van der Waals surface area contributed by atoms with Gasteiger partial charge < -0.3 is 9.13 Å². The van der Waals surface area contributed by atoms with Crippen LogP contribution in [0.25, 0.3) is 94.7 Å². The Morgan fingerprint density at radius 2 is 0.829 bits per heavy atom. The minimum absolute atomic E-state index is 0.0716. The number of allylic oxidation sites excluding steroid dienone is 1. The van der Waals surface area contributed by atoms with Crippen molar-refractivity contribution in [3.8, 4) is 68.0 Å². The first kappa shape index (κ1) is 53.5. The minimum atomic E-state index is -4.68. The van der Waals surface area contributed by atoms with Gasteiger partial charge in [-0.25, -0.2) is 0 Å². The zero-order valence-electron chi connectivity index (χ0n) is 48.6. The van der Waals surface area contributed by atoms with E-state index >= 15 is 0 Å². The van der Waals surface area contributed by atoms with Gasteiger partial charge in [0.05, 0.1) is 56.8 Å². The number of halogens is 3. The lowest BCUT2D eigenvalue weighted by Gasteiger charge is -2.24. The normalized spacial score (nSPS) is 13.3. The van der Waals surface area contributed by atoms with E-state index < -0.39 is 11.7 Å². The number of fused-ring (bicyclic) bond motifs is 6. The number of nitrogens with zero attached hydrogens (tertiary/aromatic N) is 4. The Morgan fingerprint density at radius 1 is 0.427 bits per heavy atom. The van der Waals surface area contributed by atoms with Gasteiger partial charge >= 0.3 is 6.18 Å². The molecule has 11 aromatic rings. The fourth-order valence-electron chi connectivity index (χ4n) is 14.4. The van der Waals surface area contributed by atoms with E-state index in [4.69, 9.17) is 0 Å². The fraction of sp³-hybridized carbons (Fsp3) is 0.200. The summed E-state index contributed by atoms with van der Waals surface area (Å²) in [6, 6.07) is 49.7. The molecule has 0 bridgehead atoms. The molecule has 0 saturated carbocycles. The van der Waals surface area contributed by atoms with Gasteiger partial charge in [0.15, 0.2) is 0 Å². The number of alkyl halides is 3. The summed E-state index contributed by atoms with van der Waals surface area (Å²) in [5, 5.41) is 25.2. The Kier molecular flexibility index (Phi) is 12.9. The molecule has 82 heavy (non-hydrogen) atoms. The van der Waals surface area contributed by atoms with Crippen molar-refractivity contribution in [2.45, 2.75) is 102 Å². The molecule has 2 heterocycles. The topological polar surface area (TPSA) is 57.4 Å². The van der Waals surface area contributed by atoms with E-state index in [1.807, 2.05) is 12.1 Å². The van der Waals surface area contributed by atoms with Gasteiger partial charge in [0, 0.05) is 38.9 Å². The minimum Gasteiger partial charge on any atom is -0.307 e. The summed E-state index contributed by atoms with van der Waals surface area (Å²) in [6.45, 7) is 26.0. The number of aromatic nitrogens is 2. The fourth-order valence-corrected chi connectivity index (χ4v) is 14.4. The highest BCUT2D eigenvalue weighted by molar-refractivity contribution is 6.12. The first-order valence-corrected chi connectivity index (χ1v) is 28.1. The zero-order chi connectivity index (χ0) is 58.0. The van der Waals surface area contributed by atoms with Crippen molar-refractivity contribution in [2.24, 2.45) is 0 Å². The predicted octanol–water partition coefficient (Wildman–Crippen LogP) is 20.2. The third-order valence-corrected chi connectivity index (χ3v) is 17.3. The van der Waals surface area contributed by atoms with E-state index in [1.165, 1.54) is 101 Å². The third-order valence-electron chi connectivity index (χ3n) is 17.3. The average molecular weight is 1080 g/mol. The first-order valence-electron chi connectivity index (χ1n) is 28.1. The van der Waals surface area contributed by atoms with Gasteiger partial charge in [-0.2, -0.15) is 23.7 Å². The maximum Gasteiger partial charge on any atom is 0.416 e. The molecule has 1 unspecified atom stereocenters. The molecule has 0 saturated heterocycles. The van der Waals surface area contributed by atoms with Gasteiger partial charge in [-0.1, -0.05) is 101 Å². The Bertz CT molecular complexity index is 4480. The van der Waals surface area contributed by atoms with Crippen LogP contribution in [0.1, 0.15) is 106 Å². The molecule has 0 N–H and O–H groups in total. The van der Waals surface area contributed by atoms with E-state index in [0.717, 1.165) is 67.2 Å². The van der Waals surface area contributed by atoms with Crippen molar-refractivity contribution >= 4 is 38.8 Å². The zero-order valence-corrected chi connectivity index (χ0v) is 48.6. The van der Waals surface area contributed by atoms with Crippen molar-refractivity contribution in [2.75, 3.05) is 0 Å². The largest absolute Gasteiger partial charge is 0.416 e. The molecule has 9 aromatic carbocycles. The van der Waals surface area contributed by atoms with Crippen LogP contribution in [0.15, 0.2) is 140 Å². The number of benzene rings is 9. The van der Waals surface area contributed by atoms with Crippen LogP contribution in [0.4, 0.5) is 13.2 Å². The molecule has 1 aliphatic rings. The van der Waals surface area contributed by atoms with Gasteiger partial charge in [-0.05, 0) is 245 Å². The van der Waals surface area contributed by atoms with Crippen LogP contribution in [0, 0.1) is 106 Å². The molecule has 0 aliphatic heterocycles. The highest BCUT2D eigenvalue weighted by Crippen LogP contribution is 2.47. The van der Waals surface area contributed by atoms with E-state index in [-0.39, 0.29) is 22.6 Å². The van der Waals surface area contributed by atoms with Crippen LogP contribution >= 0.6 is 0 Å². The summed E-state index contributed by atoms with van der Waals surface area (Å²) in [7, 11) is 0. The van der Waals surface area contributed by atoms with Crippen molar-refractivity contribution in [1.82, 2.24) is 9.13 Å². The van der Waals surface area contributed by atoms with Crippen molar-refractivity contribution in [3.05, 3.63) is 240 Å². The monoisotopic (exact) mass is 1080 g/mol. The lowest BCUT2D eigenvalue weighted by atomic mass is 9.82. The van der Waals surface area contributed by atoms with Crippen molar-refractivity contribution in [3.63, 3.8) is 0 Å². The highest BCUT2D eigenvalue weighted by Gasteiger charge is 2.33. The van der Waals surface area contributed by atoms with Crippen LogP contribution in [-0.4, -0.2) is 9.13 Å². The molecule has 0 radical (unpaired) electrons. The molecular weight excluding hydrogens is 1010 g/mol. The number of nitriles is 2. The summed E-state index contributed by atoms with van der Waals surface area (Å²) < 4.78 is 47.7. The Labute approximate surface area is 478 Å². The van der Waals surface area contributed by atoms with Gasteiger partial charge in [0.25, 0.3) is 0 Å². The predicted molar refractivity (Wildman–Crippen MR) is 333 cm³/mol. The summed E-state index contributed by atoms with van der Waals surface area (Å²) in [4.78, 5) is 0. The third kappa shape index (κ3) is 8.83. The number of rotatable bonds is 7. The number of hydrogen-bond acceptors (Lipinski definition) is 2. The standard InChI is InChI=1S/C75H63F3N4/c1-40-23-44(5)71(45(6)24-40)52-13-19-65-61(32-52)62-33-53(72-46(7)25-41(2)26-47(72)8)14-20-66(62)81(65)69-36-57(39-80)60(59-18-17-58(75(76,77)78)31-56(59)38-79)37-70(69)82-67-21-15-54(73-48(9)27-42(3)28-49(73)10)34-63(67)64-35-55(16-22-68(64)82)74-50(11)29-43(4)30-51(74)12/h13-34,36-37,55H,35H2,1-12H3. The van der Waals surface area contributed by atoms with Gasteiger partial charge in [0.2, 0.25) is 0 Å². The Balaban J connectivity index is 1.22. The summed E-state index contributed by atoms with van der Waals surface area (Å²) in [5.41, 5.74) is 28.6. The molecule has 1 aliphatic carbocycles. The molecule has 4 nitrogen and oxygen atoms in total. The van der Waals surface area contributed by atoms with Crippen LogP contribution in [0.3, 0.4) is 0 Å². The van der Waals surface area contributed by atoms with Crippen LogP contribution in [0.2, 0.25) is 0 Å². The molecule has 404 valence electrons. The molecule has 1 atom stereocenters. The first-order chi connectivity index (χ1) is 39.1. The molecule has 0 fully saturated rings. The lowest BCUT2D eigenvalue weighted by molar-refractivity contribution is -0.137. The average Bonchev–Trinajstić information content (AvgIpc) is 3.56. The highest BCUT2D eigenvalue weighted by atomic mass is 19.4. The summed E-state index contributed by atoms with van der Waals surface area (Å²) in [5.74, 6) is 0.0716. The maximum atomic E-state index is 14.4. The van der Waals surface area contributed by atoms with Crippen molar-refractivity contribution < 1.29 is 13.2 Å². The number of hydrogen-bond donors (Lipinski definition) is 0. The second kappa shape index (κ2) is 19.8. The SMILES string of the molecule is Cc1cc(C)c(-c2ccc3c(c2)c2c(n3-c3cc(-c4ccc(C(F)(F)F)cc4C#N)c(C#N)cc3-n3c4ccc(-c5c(C)cc(C)cc5C)cc4c4cc(-c5c(C)cc(C)cc5C)ccc43)C=CC(c3c(C)cc(C)cc3C)C2)c(C)c1. The second-order valence-corrected chi connectivity index (χ2v) is 23.4. The maximum absolute atomic E-state index is 14.4. The van der Waals surface area contributed by atoms with E-state index in [1.54, 1.807) is 0 Å². The Hall–Kier alpha value is -9.17. The Morgan fingerprint density at radius 3 is 1.27 bits per heavy atom. The smallest absolute Gasteiger partial charge is 0.307 e. The summed E-state index contributed by atoms with van der Waals surface area (Å²) in [6.07, 6.45) is 0.591. The van der Waals surface area contributed by atoms with Gasteiger partial charge in [-0.3, -0.25) is 0 Å². The van der Waals surface area contributed by atoms with Crippen LogP contribution in [0.5, 0.6) is 0 Å². The molecule has 0 amide bonds. The van der Waals surface area contributed by atoms with E-state index in [2.05, 4.69) is 220 Å².